The van der Waals surface area contributed by atoms with Crippen LogP contribution in [0.15, 0.2) is 18.2 Å². The van der Waals surface area contributed by atoms with E-state index in [4.69, 9.17) is 4.74 Å². The van der Waals surface area contributed by atoms with Crippen LogP contribution in [0.5, 0.6) is 5.75 Å². The van der Waals surface area contributed by atoms with E-state index in [-0.39, 0.29) is 0 Å². The SMILES string of the molecule is COc1ccc2c(c1)c1c(n2C)C(C)CCCN(C)CC1. The number of aryl methyl sites for hydroxylation is 1. The van der Waals surface area contributed by atoms with Crippen molar-refractivity contribution in [3.8, 4) is 5.75 Å². The van der Waals surface area contributed by atoms with Crippen molar-refractivity contribution in [2.45, 2.75) is 32.1 Å². The molecule has 21 heavy (non-hydrogen) atoms. The van der Waals surface area contributed by atoms with E-state index in [1.807, 2.05) is 0 Å². The Kier molecular flexibility index (Phi) is 3.94. The standard InChI is InChI=1S/C18H26N2O/c1-13-6-5-10-19(2)11-9-15-16-12-14(21-4)7-8-17(16)20(3)18(13)15/h7-8,12-13H,5-6,9-11H2,1-4H3. The van der Waals surface area contributed by atoms with Gasteiger partial charge in [-0.1, -0.05) is 6.92 Å². The summed E-state index contributed by atoms with van der Waals surface area (Å²) in [5, 5.41) is 1.37. The molecule has 114 valence electrons. The number of rotatable bonds is 1. The molecule has 0 saturated carbocycles. The third-order valence-electron chi connectivity index (χ3n) is 4.95. The van der Waals surface area contributed by atoms with Gasteiger partial charge in [0, 0.05) is 30.2 Å². The van der Waals surface area contributed by atoms with Crippen LogP contribution in [-0.4, -0.2) is 36.7 Å². The Morgan fingerprint density at radius 3 is 2.76 bits per heavy atom. The first-order valence-corrected chi connectivity index (χ1v) is 7.95. The summed E-state index contributed by atoms with van der Waals surface area (Å²) in [7, 11) is 6.20. The highest BCUT2D eigenvalue weighted by atomic mass is 16.5. The Bertz CT molecular complexity index is 644. The average molecular weight is 286 g/mol. The summed E-state index contributed by atoms with van der Waals surface area (Å²) in [6.07, 6.45) is 3.67. The lowest BCUT2D eigenvalue weighted by Crippen LogP contribution is -2.21. The number of hydrogen-bond acceptors (Lipinski definition) is 2. The molecule has 0 amide bonds. The van der Waals surface area contributed by atoms with Gasteiger partial charge in [-0.25, -0.2) is 0 Å². The minimum atomic E-state index is 0.620. The summed E-state index contributed by atoms with van der Waals surface area (Å²) in [6.45, 7) is 4.72. The highest BCUT2D eigenvalue weighted by Gasteiger charge is 2.21. The lowest BCUT2D eigenvalue weighted by atomic mass is 9.96. The second-order valence-electron chi connectivity index (χ2n) is 6.40. The molecule has 0 bridgehead atoms. The van der Waals surface area contributed by atoms with E-state index in [9.17, 15) is 0 Å². The van der Waals surface area contributed by atoms with Crippen LogP contribution in [-0.2, 0) is 13.5 Å². The van der Waals surface area contributed by atoms with Gasteiger partial charge in [0.2, 0.25) is 0 Å². The van der Waals surface area contributed by atoms with Crippen molar-refractivity contribution in [2.75, 3.05) is 27.2 Å². The number of ether oxygens (including phenoxy) is 1. The van der Waals surface area contributed by atoms with Crippen molar-refractivity contribution in [3.63, 3.8) is 0 Å². The van der Waals surface area contributed by atoms with Crippen LogP contribution >= 0.6 is 0 Å². The zero-order chi connectivity index (χ0) is 15.0. The summed E-state index contributed by atoms with van der Waals surface area (Å²) in [6, 6.07) is 6.47. The molecule has 1 aromatic carbocycles. The lowest BCUT2D eigenvalue weighted by molar-refractivity contribution is 0.331. The predicted molar refractivity (Wildman–Crippen MR) is 88.3 cm³/mol. The quantitative estimate of drug-likeness (QED) is 0.797. The van der Waals surface area contributed by atoms with Crippen molar-refractivity contribution in [3.05, 3.63) is 29.5 Å². The zero-order valence-electron chi connectivity index (χ0n) is 13.6. The van der Waals surface area contributed by atoms with E-state index >= 15 is 0 Å². The van der Waals surface area contributed by atoms with Crippen molar-refractivity contribution in [2.24, 2.45) is 7.05 Å². The smallest absolute Gasteiger partial charge is 0.119 e. The maximum Gasteiger partial charge on any atom is 0.119 e. The summed E-state index contributed by atoms with van der Waals surface area (Å²) in [4.78, 5) is 2.46. The molecule has 3 rings (SSSR count). The Morgan fingerprint density at radius 2 is 2.00 bits per heavy atom. The van der Waals surface area contributed by atoms with E-state index in [2.05, 4.69) is 48.7 Å². The molecule has 0 N–H and O–H groups in total. The van der Waals surface area contributed by atoms with Gasteiger partial charge >= 0.3 is 0 Å². The molecule has 3 nitrogen and oxygen atoms in total. The van der Waals surface area contributed by atoms with Crippen LogP contribution in [0.3, 0.4) is 0 Å². The maximum absolute atomic E-state index is 5.43. The average Bonchev–Trinajstić information content (AvgIpc) is 2.79. The van der Waals surface area contributed by atoms with E-state index in [1.54, 1.807) is 7.11 Å². The molecule has 1 aromatic heterocycles. The van der Waals surface area contributed by atoms with Gasteiger partial charge < -0.3 is 14.2 Å². The Hall–Kier alpha value is -1.48. The maximum atomic E-state index is 5.43. The molecular weight excluding hydrogens is 260 g/mol. The van der Waals surface area contributed by atoms with Gasteiger partial charge in [-0.3, -0.25) is 0 Å². The molecular formula is C18H26N2O. The fourth-order valence-corrected chi connectivity index (χ4v) is 3.76. The van der Waals surface area contributed by atoms with E-state index in [0.717, 1.165) is 18.7 Å². The Balaban J connectivity index is 2.18. The van der Waals surface area contributed by atoms with Crippen molar-refractivity contribution >= 4 is 10.9 Å². The third-order valence-corrected chi connectivity index (χ3v) is 4.95. The van der Waals surface area contributed by atoms with Gasteiger partial charge in [-0.15, -0.1) is 0 Å². The van der Waals surface area contributed by atoms with Gasteiger partial charge in [0.15, 0.2) is 0 Å². The molecule has 0 radical (unpaired) electrons. The predicted octanol–water partition coefficient (Wildman–Crippen LogP) is 3.56. The molecule has 0 aliphatic carbocycles. The Morgan fingerprint density at radius 1 is 1.19 bits per heavy atom. The van der Waals surface area contributed by atoms with Crippen LogP contribution in [0.4, 0.5) is 0 Å². The number of hydrogen-bond donors (Lipinski definition) is 0. The summed E-state index contributed by atoms with van der Waals surface area (Å²) < 4.78 is 7.83. The van der Waals surface area contributed by atoms with Gasteiger partial charge in [0.1, 0.15) is 5.75 Å². The van der Waals surface area contributed by atoms with Gasteiger partial charge in [0.05, 0.1) is 7.11 Å². The van der Waals surface area contributed by atoms with Crippen LogP contribution in [0.25, 0.3) is 10.9 Å². The van der Waals surface area contributed by atoms with Crippen molar-refractivity contribution in [1.29, 1.82) is 0 Å². The topological polar surface area (TPSA) is 17.4 Å². The number of likely N-dealkylation sites (N-methyl/N-ethyl adjacent to an activating group) is 1. The molecule has 1 atom stereocenters. The number of methoxy groups -OCH3 is 1. The molecule has 1 aliphatic heterocycles. The molecule has 2 aromatic rings. The second-order valence-corrected chi connectivity index (χ2v) is 6.40. The van der Waals surface area contributed by atoms with E-state index in [1.165, 1.54) is 41.5 Å². The van der Waals surface area contributed by atoms with Gasteiger partial charge in [-0.05, 0) is 62.5 Å². The van der Waals surface area contributed by atoms with Crippen molar-refractivity contribution in [1.82, 2.24) is 9.47 Å². The molecule has 0 spiro atoms. The fourth-order valence-electron chi connectivity index (χ4n) is 3.76. The summed E-state index contributed by atoms with van der Waals surface area (Å²) in [5.74, 6) is 1.58. The van der Waals surface area contributed by atoms with Crippen LogP contribution < -0.4 is 4.74 Å². The second kappa shape index (κ2) is 5.72. The lowest BCUT2D eigenvalue weighted by Gasteiger charge is -2.15. The van der Waals surface area contributed by atoms with Crippen molar-refractivity contribution < 1.29 is 4.74 Å². The minimum absolute atomic E-state index is 0.620. The molecule has 0 fully saturated rings. The van der Waals surface area contributed by atoms with Gasteiger partial charge in [-0.2, -0.15) is 0 Å². The first kappa shape index (κ1) is 14.5. The van der Waals surface area contributed by atoms with Crippen LogP contribution in [0, 0.1) is 0 Å². The third kappa shape index (κ3) is 2.55. The zero-order valence-corrected chi connectivity index (χ0v) is 13.6. The summed E-state index contributed by atoms with van der Waals surface area (Å²) in [5.41, 5.74) is 4.37. The monoisotopic (exact) mass is 286 g/mol. The molecule has 1 aliphatic rings. The number of fused-ring (bicyclic) bond motifs is 3. The largest absolute Gasteiger partial charge is 0.497 e. The van der Waals surface area contributed by atoms with Crippen LogP contribution in [0.2, 0.25) is 0 Å². The first-order chi connectivity index (χ1) is 10.1. The molecule has 1 unspecified atom stereocenters. The van der Waals surface area contributed by atoms with Gasteiger partial charge in [0.25, 0.3) is 0 Å². The number of benzene rings is 1. The fraction of sp³-hybridized carbons (Fsp3) is 0.556. The number of nitrogens with zero attached hydrogens (tertiary/aromatic N) is 2. The van der Waals surface area contributed by atoms with E-state index < -0.39 is 0 Å². The first-order valence-electron chi connectivity index (χ1n) is 7.95. The highest BCUT2D eigenvalue weighted by molar-refractivity contribution is 5.87. The molecule has 0 saturated heterocycles. The highest BCUT2D eigenvalue weighted by Crippen LogP contribution is 2.35. The summed E-state index contributed by atoms with van der Waals surface area (Å²) >= 11 is 0. The molecule has 2 heterocycles. The molecule has 3 heteroatoms. The Labute approximate surface area is 127 Å². The number of aromatic nitrogens is 1. The van der Waals surface area contributed by atoms with Crippen LogP contribution in [0.1, 0.15) is 36.9 Å². The normalized spacial score (nSPS) is 20.7. The van der Waals surface area contributed by atoms with E-state index in [0.29, 0.717) is 5.92 Å². The minimum Gasteiger partial charge on any atom is -0.497 e.